The standard InChI is InChI=1S/C35H36FNO4/c1-2-32(35(39)40)41-33-25-26(20-21-31(33)36)13-12-23-37(34(38)29-18-10-5-11-19-29)24-22-30(27-14-6-3-7-15-27)28-16-8-4-9-17-28/h3-11,14-21,25,30,32H,2,12-13,22-24H2,1H3,(H,39,40). The molecule has 1 N–H and O–H groups in total. The van der Waals surface area contributed by atoms with Gasteiger partial charge in [0.2, 0.25) is 0 Å². The highest BCUT2D eigenvalue weighted by molar-refractivity contribution is 5.94. The van der Waals surface area contributed by atoms with E-state index in [1.165, 1.54) is 17.2 Å². The van der Waals surface area contributed by atoms with Crippen molar-refractivity contribution in [3.05, 3.63) is 137 Å². The quantitative estimate of drug-likeness (QED) is 0.177. The zero-order valence-corrected chi connectivity index (χ0v) is 23.3. The SMILES string of the molecule is CCC(Oc1cc(CCCN(CCC(c2ccccc2)c2ccccc2)C(=O)c2ccccc2)ccc1F)C(=O)O. The van der Waals surface area contributed by atoms with Crippen LogP contribution >= 0.6 is 0 Å². The summed E-state index contributed by atoms with van der Waals surface area (Å²) in [6, 6.07) is 34.5. The van der Waals surface area contributed by atoms with Gasteiger partial charge in [0, 0.05) is 24.6 Å². The third-order valence-electron chi connectivity index (χ3n) is 7.20. The van der Waals surface area contributed by atoms with Crippen LogP contribution < -0.4 is 4.74 Å². The zero-order chi connectivity index (χ0) is 29.0. The lowest BCUT2D eigenvalue weighted by molar-refractivity contribution is -0.145. The van der Waals surface area contributed by atoms with Crippen LogP contribution in [0.15, 0.2) is 109 Å². The van der Waals surface area contributed by atoms with Crippen molar-refractivity contribution in [2.75, 3.05) is 13.1 Å². The molecular formula is C35H36FNO4. The van der Waals surface area contributed by atoms with Crippen LogP contribution in [0.1, 0.15) is 59.2 Å². The molecule has 4 aromatic rings. The molecule has 0 bridgehead atoms. The summed E-state index contributed by atoms with van der Waals surface area (Å²) in [5.41, 5.74) is 3.87. The fraction of sp³-hybridized carbons (Fsp3) is 0.257. The number of nitrogens with zero attached hydrogens (tertiary/aromatic N) is 1. The van der Waals surface area contributed by atoms with Crippen molar-refractivity contribution in [1.82, 2.24) is 4.90 Å². The Morgan fingerprint density at radius 3 is 1.98 bits per heavy atom. The highest BCUT2D eigenvalue weighted by atomic mass is 19.1. The van der Waals surface area contributed by atoms with Gasteiger partial charge in [0.15, 0.2) is 17.7 Å². The van der Waals surface area contributed by atoms with Crippen molar-refractivity contribution in [3.8, 4) is 5.75 Å². The van der Waals surface area contributed by atoms with Gasteiger partial charge in [-0.05, 0) is 66.6 Å². The van der Waals surface area contributed by atoms with Gasteiger partial charge in [-0.3, -0.25) is 4.79 Å². The highest BCUT2D eigenvalue weighted by Crippen LogP contribution is 2.29. The smallest absolute Gasteiger partial charge is 0.344 e. The maximum Gasteiger partial charge on any atom is 0.344 e. The first kappa shape index (κ1) is 29.5. The minimum atomic E-state index is -1.13. The summed E-state index contributed by atoms with van der Waals surface area (Å²) in [7, 11) is 0. The minimum absolute atomic E-state index is 0.0270. The molecule has 0 spiro atoms. The fourth-order valence-electron chi connectivity index (χ4n) is 4.99. The maximum absolute atomic E-state index is 14.4. The Morgan fingerprint density at radius 1 is 0.829 bits per heavy atom. The lowest BCUT2D eigenvalue weighted by atomic mass is 9.88. The molecule has 0 aliphatic carbocycles. The Balaban J connectivity index is 1.49. The largest absolute Gasteiger partial charge is 0.479 e. The summed E-state index contributed by atoms with van der Waals surface area (Å²) in [5, 5.41) is 9.29. The van der Waals surface area contributed by atoms with Crippen LogP contribution in [0.4, 0.5) is 4.39 Å². The van der Waals surface area contributed by atoms with E-state index in [-0.39, 0.29) is 24.0 Å². The first-order valence-electron chi connectivity index (χ1n) is 14.1. The average Bonchev–Trinajstić information content (AvgIpc) is 3.01. The number of hydrogen-bond acceptors (Lipinski definition) is 3. The number of carbonyl (C=O) groups excluding carboxylic acids is 1. The Morgan fingerprint density at radius 2 is 1.41 bits per heavy atom. The molecule has 5 nitrogen and oxygen atoms in total. The van der Waals surface area contributed by atoms with E-state index in [0.29, 0.717) is 31.5 Å². The van der Waals surface area contributed by atoms with E-state index < -0.39 is 17.9 Å². The number of carbonyl (C=O) groups is 2. The van der Waals surface area contributed by atoms with Gasteiger partial charge in [-0.15, -0.1) is 0 Å². The van der Waals surface area contributed by atoms with Crippen molar-refractivity contribution >= 4 is 11.9 Å². The summed E-state index contributed by atoms with van der Waals surface area (Å²) < 4.78 is 19.8. The molecule has 4 aromatic carbocycles. The number of carboxylic acids is 1. The van der Waals surface area contributed by atoms with E-state index in [9.17, 15) is 19.1 Å². The molecule has 41 heavy (non-hydrogen) atoms. The number of aliphatic carboxylic acids is 1. The summed E-state index contributed by atoms with van der Waals surface area (Å²) in [4.78, 5) is 26.9. The number of ether oxygens (including phenoxy) is 1. The normalized spacial score (nSPS) is 11.7. The first-order valence-corrected chi connectivity index (χ1v) is 14.1. The summed E-state index contributed by atoms with van der Waals surface area (Å²) in [5.74, 6) is -1.68. The molecule has 0 saturated carbocycles. The number of rotatable bonds is 14. The molecule has 6 heteroatoms. The summed E-state index contributed by atoms with van der Waals surface area (Å²) >= 11 is 0. The van der Waals surface area contributed by atoms with Gasteiger partial charge in [0.1, 0.15) is 0 Å². The van der Waals surface area contributed by atoms with Gasteiger partial charge in [-0.2, -0.15) is 0 Å². The fourth-order valence-corrected chi connectivity index (χ4v) is 4.99. The molecule has 0 aromatic heterocycles. The molecule has 4 rings (SSSR count). The van der Waals surface area contributed by atoms with Crippen LogP contribution in [0.25, 0.3) is 0 Å². The number of aryl methyl sites for hydroxylation is 1. The number of amides is 1. The van der Waals surface area contributed by atoms with E-state index in [4.69, 9.17) is 4.74 Å². The monoisotopic (exact) mass is 553 g/mol. The molecule has 212 valence electrons. The van der Waals surface area contributed by atoms with Crippen molar-refractivity contribution in [1.29, 1.82) is 0 Å². The molecule has 1 atom stereocenters. The lowest BCUT2D eigenvalue weighted by Gasteiger charge is -2.26. The predicted octanol–water partition coefficient (Wildman–Crippen LogP) is 7.36. The van der Waals surface area contributed by atoms with Crippen LogP contribution in [0.2, 0.25) is 0 Å². The van der Waals surface area contributed by atoms with Gasteiger partial charge in [-0.25, -0.2) is 9.18 Å². The van der Waals surface area contributed by atoms with Crippen LogP contribution in [0.3, 0.4) is 0 Å². The van der Waals surface area contributed by atoms with Crippen molar-refractivity contribution in [3.63, 3.8) is 0 Å². The molecule has 0 heterocycles. The molecule has 0 aliphatic rings. The Bertz CT molecular complexity index is 1360. The molecule has 0 radical (unpaired) electrons. The number of benzene rings is 4. The van der Waals surface area contributed by atoms with E-state index in [1.54, 1.807) is 19.1 Å². The molecular weight excluding hydrogens is 517 g/mol. The minimum Gasteiger partial charge on any atom is -0.479 e. The van der Waals surface area contributed by atoms with Gasteiger partial charge >= 0.3 is 5.97 Å². The lowest BCUT2D eigenvalue weighted by Crippen LogP contribution is -2.34. The predicted molar refractivity (Wildman–Crippen MR) is 159 cm³/mol. The number of carboxylic acid groups (broad SMARTS) is 1. The van der Waals surface area contributed by atoms with Gasteiger partial charge in [0.05, 0.1) is 0 Å². The van der Waals surface area contributed by atoms with Crippen molar-refractivity contribution in [2.24, 2.45) is 0 Å². The molecule has 0 aliphatic heterocycles. The topological polar surface area (TPSA) is 66.8 Å². The second-order valence-electron chi connectivity index (χ2n) is 10.0. The average molecular weight is 554 g/mol. The third-order valence-corrected chi connectivity index (χ3v) is 7.20. The summed E-state index contributed by atoms with van der Waals surface area (Å²) in [6.07, 6.45) is 1.11. The second-order valence-corrected chi connectivity index (χ2v) is 10.0. The maximum atomic E-state index is 14.4. The Labute approximate surface area is 241 Å². The first-order chi connectivity index (χ1) is 20.0. The second kappa shape index (κ2) is 14.8. The van der Waals surface area contributed by atoms with Crippen LogP contribution in [0, 0.1) is 5.82 Å². The van der Waals surface area contributed by atoms with Gasteiger partial charge in [-0.1, -0.05) is 91.9 Å². The number of halogens is 1. The van der Waals surface area contributed by atoms with E-state index in [2.05, 4.69) is 24.3 Å². The van der Waals surface area contributed by atoms with Gasteiger partial charge in [0.25, 0.3) is 5.91 Å². The highest BCUT2D eigenvalue weighted by Gasteiger charge is 2.21. The van der Waals surface area contributed by atoms with Crippen LogP contribution in [-0.2, 0) is 11.2 Å². The Kier molecular flexibility index (Phi) is 10.7. The van der Waals surface area contributed by atoms with Gasteiger partial charge < -0.3 is 14.7 Å². The molecule has 0 saturated heterocycles. The summed E-state index contributed by atoms with van der Waals surface area (Å²) in [6.45, 7) is 2.76. The van der Waals surface area contributed by atoms with Crippen LogP contribution in [-0.4, -0.2) is 41.1 Å². The van der Waals surface area contributed by atoms with E-state index in [1.807, 2.05) is 71.6 Å². The molecule has 1 amide bonds. The van der Waals surface area contributed by atoms with Crippen molar-refractivity contribution in [2.45, 2.75) is 44.6 Å². The van der Waals surface area contributed by atoms with E-state index >= 15 is 0 Å². The third kappa shape index (κ3) is 8.27. The molecule has 0 fully saturated rings. The van der Waals surface area contributed by atoms with E-state index in [0.717, 1.165) is 12.0 Å². The van der Waals surface area contributed by atoms with Crippen molar-refractivity contribution < 1.29 is 23.8 Å². The molecule has 1 unspecified atom stereocenters. The van der Waals surface area contributed by atoms with Crippen LogP contribution in [0.5, 0.6) is 5.75 Å². The number of hydrogen-bond donors (Lipinski definition) is 1. The Hall–Kier alpha value is -4.45. The zero-order valence-electron chi connectivity index (χ0n) is 23.3.